The first kappa shape index (κ1) is 11.4. The van der Waals surface area contributed by atoms with E-state index in [2.05, 4.69) is 6.92 Å². The Balaban J connectivity index is 3.88. The van der Waals surface area contributed by atoms with Crippen LogP contribution in [0.25, 0.3) is 0 Å². The molecule has 3 nitrogen and oxygen atoms in total. The summed E-state index contributed by atoms with van der Waals surface area (Å²) in [5.74, 6) is -0.144. The molecule has 0 heterocycles. The van der Waals surface area contributed by atoms with Crippen LogP contribution in [0.2, 0.25) is 0 Å². The number of carbonyl (C=O) groups is 1. The SMILES string of the molecule is CCCC(C)(C)C(=O)OCCN. The maximum atomic E-state index is 11.3. The summed E-state index contributed by atoms with van der Waals surface area (Å²) < 4.78 is 4.94. The summed E-state index contributed by atoms with van der Waals surface area (Å²) in [4.78, 5) is 11.3. The number of nitrogens with two attached hydrogens (primary N) is 1. The van der Waals surface area contributed by atoms with Crippen LogP contribution in [-0.2, 0) is 9.53 Å². The number of carbonyl (C=O) groups excluding carboxylic acids is 1. The van der Waals surface area contributed by atoms with Crippen molar-refractivity contribution in [3.63, 3.8) is 0 Å². The highest BCUT2D eigenvalue weighted by Crippen LogP contribution is 2.23. The third-order valence-corrected chi connectivity index (χ3v) is 1.78. The Labute approximate surface area is 74.3 Å². The fraction of sp³-hybridized carbons (Fsp3) is 0.889. The fourth-order valence-corrected chi connectivity index (χ4v) is 1.07. The van der Waals surface area contributed by atoms with Crippen molar-refractivity contribution in [3.8, 4) is 0 Å². The van der Waals surface area contributed by atoms with Gasteiger partial charge in [0, 0.05) is 6.54 Å². The monoisotopic (exact) mass is 173 g/mol. The summed E-state index contributed by atoms with van der Waals surface area (Å²) in [7, 11) is 0. The Bertz CT molecular complexity index is 143. The lowest BCUT2D eigenvalue weighted by molar-refractivity contribution is -0.154. The Morgan fingerprint density at radius 2 is 2.08 bits per heavy atom. The van der Waals surface area contributed by atoms with Crippen LogP contribution >= 0.6 is 0 Å². The summed E-state index contributed by atoms with van der Waals surface area (Å²) in [6.45, 7) is 6.57. The highest BCUT2D eigenvalue weighted by atomic mass is 16.5. The van der Waals surface area contributed by atoms with E-state index in [0.29, 0.717) is 13.2 Å². The molecule has 0 radical (unpaired) electrons. The normalized spacial score (nSPS) is 11.3. The topological polar surface area (TPSA) is 52.3 Å². The predicted molar refractivity (Wildman–Crippen MR) is 48.7 cm³/mol. The van der Waals surface area contributed by atoms with Crippen LogP contribution in [0.5, 0.6) is 0 Å². The molecular weight excluding hydrogens is 154 g/mol. The van der Waals surface area contributed by atoms with Gasteiger partial charge < -0.3 is 10.5 Å². The predicted octanol–water partition coefficient (Wildman–Crippen LogP) is 1.31. The summed E-state index contributed by atoms with van der Waals surface area (Å²) >= 11 is 0. The van der Waals surface area contributed by atoms with Crippen molar-refractivity contribution in [2.24, 2.45) is 11.1 Å². The second-order valence-corrected chi connectivity index (χ2v) is 3.56. The molecule has 2 N–H and O–H groups in total. The van der Waals surface area contributed by atoms with E-state index in [0.717, 1.165) is 12.8 Å². The van der Waals surface area contributed by atoms with Gasteiger partial charge in [0.05, 0.1) is 5.41 Å². The third-order valence-electron chi connectivity index (χ3n) is 1.78. The number of rotatable bonds is 5. The first-order valence-corrected chi connectivity index (χ1v) is 4.42. The number of esters is 1. The van der Waals surface area contributed by atoms with Gasteiger partial charge >= 0.3 is 5.97 Å². The number of hydrogen-bond acceptors (Lipinski definition) is 3. The van der Waals surface area contributed by atoms with Crippen molar-refractivity contribution < 1.29 is 9.53 Å². The molecule has 3 heteroatoms. The van der Waals surface area contributed by atoms with Gasteiger partial charge in [0.1, 0.15) is 6.61 Å². The van der Waals surface area contributed by atoms with E-state index in [1.54, 1.807) is 0 Å². The Morgan fingerprint density at radius 1 is 1.50 bits per heavy atom. The molecule has 0 saturated heterocycles. The highest BCUT2D eigenvalue weighted by Gasteiger charge is 2.27. The second-order valence-electron chi connectivity index (χ2n) is 3.56. The molecule has 12 heavy (non-hydrogen) atoms. The summed E-state index contributed by atoms with van der Waals surface area (Å²) in [6.07, 6.45) is 1.85. The van der Waals surface area contributed by atoms with Gasteiger partial charge in [0.25, 0.3) is 0 Å². The Morgan fingerprint density at radius 3 is 2.50 bits per heavy atom. The first-order valence-electron chi connectivity index (χ1n) is 4.42. The van der Waals surface area contributed by atoms with Crippen LogP contribution in [0.15, 0.2) is 0 Å². The average molecular weight is 173 g/mol. The highest BCUT2D eigenvalue weighted by molar-refractivity contribution is 5.75. The fourth-order valence-electron chi connectivity index (χ4n) is 1.07. The van der Waals surface area contributed by atoms with Crippen LogP contribution in [-0.4, -0.2) is 19.1 Å². The van der Waals surface area contributed by atoms with Gasteiger partial charge in [-0.15, -0.1) is 0 Å². The number of hydrogen-bond donors (Lipinski definition) is 1. The summed E-state index contributed by atoms with van der Waals surface area (Å²) in [5.41, 5.74) is 4.86. The van der Waals surface area contributed by atoms with E-state index in [-0.39, 0.29) is 11.4 Å². The van der Waals surface area contributed by atoms with Gasteiger partial charge in [0.2, 0.25) is 0 Å². The third kappa shape index (κ3) is 3.72. The minimum absolute atomic E-state index is 0.144. The van der Waals surface area contributed by atoms with Crippen molar-refractivity contribution >= 4 is 5.97 Å². The zero-order chi connectivity index (χ0) is 9.61. The maximum Gasteiger partial charge on any atom is 0.311 e. The number of ether oxygens (including phenoxy) is 1. The van der Waals surface area contributed by atoms with E-state index in [9.17, 15) is 4.79 Å². The summed E-state index contributed by atoms with van der Waals surface area (Å²) in [5, 5.41) is 0. The van der Waals surface area contributed by atoms with Gasteiger partial charge in [-0.1, -0.05) is 13.3 Å². The molecule has 72 valence electrons. The lowest BCUT2D eigenvalue weighted by atomic mass is 9.88. The maximum absolute atomic E-state index is 11.3. The average Bonchev–Trinajstić information content (AvgIpc) is 2.00. The molecule has 0 rings (SSSR count). The zero-order valence-electron chi connectivity index (χ0n) is 8.22. The molecule has 0 unspecified atom stereocenters. The minimum atomic E-state index is -0.357. The molecule has 0 atom stereocenters. The molecule has 0 aromatic carbocycles. The molecule has 0 bridgehead atoms. The quantitative estimate of drug-likeness (QED) is 0.638. The molecule has 0 aliphatic heterocycles. The van der Waals surface area contributed by atoms with Gasteiger partial charge in [0.15, 0.2) is 0 Å². The van der Waals surface area contributed by atoms with Crippen LogP contribution in [0.4, 0.5) is 0 Å². The summed E-state index contributed by atoms with van der Waals surface area (Å²) in [6, 6.07) is 0. The standard InChI is InChI=1S/C9H19NO2/c1-4-5-9(2,3)8(11)12-7-6-10/h4-7,10H2,1-3H3. The van der Waals surface area contributed by atoms with Crippen LogP contribution < -0.4 is 5.73 Å². The van der Waals surface area contributed by atoms with E-state index in [4.69, 9.17) is 10.5 Å². The smallest absolute Gasteiger partial charge is 0.311 e. The van der Waals surface area contributed by atoms with Crippen molar-refractivity contribution in [2.75, 3.05) is 13.2 Å². The van der Waals surface area contributed by atoms with Crippen molar-refractivity contribution in [3.05, 3.63) is 0 Å². The van der Waals surface area contributed by atoms with Gasteiger partial charge in [-0.2, -0.15) is 0 Å². The van der Waals surface area contributed by atoms with Gasteiger partial charge in [-0.3, -0.25) is 4.79 Å². The van der Waals surface area contributed by atoms with Crippen LogP contribution in [0, 0.1) is 5.41 Å². The molecule has 0 aromatic rings. The Hall–Kier alpha value is -0.570. The van der Waals surface area contributed by atoms with Gasteiger partial charge in [-0.05, 0) is 20.3 Å². The van der Waals surface area contributed by atoms with E-state index >= 15 is 0 Å². The molecule has 0 aliphatic rings. The molecular formula is C9H19NO2. The van der Waals surface area contributed by atoms with Gasteiger partial charge in [-0.25, -0.2) is 0 Å². The van der Waals surface area contributed by atoms with Crippen molar-refractivity contribution in [1.29, 1.82) is 0 Å². The lowest BCUT2D eigenvalue weighted by Gasteiger charge is -2.21. The molecule has 0 aromatic heterocycles. The van der Waals surface area contributed by atoms with Crippen LogP contribution in [0.3, 0.4) is 0 Å². The minimum Gasteiger partial charge on any atom is -0.464 e. The van der Waals surface area contributed by atoms with Crippen molar-refractivity contribution in [1.82, 2.24) is 0 Å². The molecule has 0 aliphatic carbocycles. The molecule has 0 fully saturated rings. The molecule has 0 saturated carbocycles. The first-order chi connectivity index (χ1) is 5.54. The van der Waals surface area contributed by atoms with Crippen LogP contribution in [0.1, 0.15) is 33.6 Å². The molecule has 0 spiro atoms. The van der Waals surface area contributed by atoms with Crippen molar-refractivity contribution in [2.45, 2.75) is 33.6 Å². The molecule has 0 amide bonds. The second kappa shape index (κ2) is 5.14. The Kier molecular flexibility index (Phi) is 4.90. The van der Waals surface area contributed by atoms with E-state index < -0.39 is 0 Å². The lowest BCUT2D eigenvalue weighted by Crippen LogP contribution is -2.28. The zero-order valence-corrected chi connectivity index (χ0v) is 8.22. The van der Waals surface area contributed by atoms with E-state index in [1.807, 2.05) is 13.8 Å². The largest absolute Gasteiger partial charge is 0.464 e. The van der Waals surface area contributed by atoms with E-state index in [1.165, 1.54) is 0 Å².